The van der Waals surface area contributed by atoms with E-state index < -0.39 is 0 Å². The van der Waals surface area contributed by atoms with E-state index in [4.69, 9.17) is 5.73 Å². The number of rotatable bonds is 3. The van der Waals surface area contributed by atoms with Gasteiger partial charge in [-0.25, -0.2) is 4.98 Å². The largest absolute Gasteiger partial charge is 0.330 e. The van der Waals surface area contributed by atoms with Crippen LogP contribution >= 0.6 is 11.3 Å². The summed E-state index contributed by atoms with van der Waals surface area (Å²) >= 11 is 1.76. The lowest BCUT2D eigenvalue weighted by Crippen LogP contribution is -2.39. The van der Waals surface area contributed by atoms with Crippen LogP contribution in [0.25, 0.3) is 0 Å². The molecule has 108 valence electrons. The third kappa shape index (κ3) is 3.57. The van der Waals surface area contributed by atoms with Crippen molar-refractivity contribution in [3.8, 4) is 0 Å². The van der Waals surface area contributed by atoms with Crippen molar-refractivity contribution in [2.45, 2.75) is 59.8 Å². The molecule has 1 aliphatic carbocycles. The van der Waals surface area contributed by atoms with Crippen LogP contribution < -0.4 is 5.73 Å². The van der Waals surface area contributed by atoms with E-state index in [1.54, 1.807) is 11.3 Å². The lowest BCUT2D eigenvalue weighted by Gasteiger charge is -2.43. The van der Waals surface area contributed by atoms with E-state index in [1.807, 2.05) is 0 Å². The van der Waals surface area contributed by atoms with Gasteiger partial charge in [-0.1, -0.05) is 20.8 Å². The minimum atomic E-state index is 0.308. The number of aromatic nitrogens is 1. The highest BCUT2D eigenvalue weighted by atomic mass is 32.1. The quantitative estimate of drug-likeness (QED) is 0.902. The van der Waals surface area contributed by atoms with Crippen LogP contribution in [0.2, 0.25) is 0 Å². The molecule has 0 aliphatic heterocycles. The van der Waals surface area contributed by atoms with Gasteiger partial charge in [0.25, 0.3) is 0 Å². The molecule has 1 heterocycles. The Balaban J connectivity index is 2.02. The van der Waals surface area contributed by atoms with Gasteiger partial charge in [-0.3, -0.25) is 0 Å². The molecule has 2 N–H and O–H groups in total. The Hall–Kier alpha value is -0.410. The van der Waals surface area contributed by atoms with E-state index >= 15 is 0 Å². The molecule has 1 aromatic rings. The average Bonchev–Trinajstić information content (AvgIpc) is 2.74. The lowest BCUT2D eigenvalue weighted by molar-refractivity contribution is 0.0920. The number of hydrogen-bond donors (Lipinski definition) is 1. The number of nitrogens with two attached hydrogens (primary N) is 1. The van der Waals surface area contributed by atoms with Crippen molar-refractivity contribution in [2.75, 3.05) is 6.54 Å². The minimum Gasteiger partial charge on any atom is -0.330 e. The molecule has 0 radical (unpaired) electrons. The summed E-state index contributed by atoms with van der Waals surface area (Å²) in [6.45, 7) is 10.0. The fourth-order valence-corrected chi connectivity index (χ4v) is 4.04. The highest BCUT2D eigenvalue weighted by molar-refractivity contribution is 7.09. The smallest absolute Gasteiger partial charge is 0.0897 e. The molecule has 0 aromatic carbocycles. The molecule has 0 amide bonds. The highest BCUT2D eigenvalue weighted by Gasteiger charge is 2.38. The van der Waals surface area contributed by atoms with Gasteiger partial charge in [0.1, 0.15) is 0 Å². The molecule has 0 bridgehead atoms. The molecule has 1 aliphatic rings. The van der Waals surface area contributed by atoms with Crippen LogP contribution in [-0.4, -0.2) is 11.5 Å². The predicted octanol–water partition coefficient (Wildman–Crippen LogP) is 4.18. The summed E-state index contributed by atoms with van der Waals surface area (Å²) in [7, 11) is 0. The molecular formula is C16H28N2S. The van der Waals surface area contributed by atoms with Crippen LogP contribution in [0.15, 0.2) is 5.38 Å². The van der Waals surface area contributed by atoms with Gasteiger partial charge in [-0.15, -0.1) is 11.3 Å². The topological polar surface area (TPSA) is 38.9 Å². The van der Waals surface area contributed by atoms with Crippen LogP contribution in [0, 0.1) is 23.7 Å². The predicted molar refractivity (Wildman–Crippen MR) is 83.5 cm³/mol. The van der Waals surface area contributed by atoms with E-state index in [2.05, 4.69) is 38.1 Å². The number of thiazole rings is 1. The van der Waals surface area contributed by atoms with Gasteiger partial charge in [0, 0.05) is 5.38 Å². The zero-order chi connectivity index (χ0) is 14.1. The summed E-state index contributed by atoms with van der Waals surface area (Å²) < 4.78 is 0. The van der Waals surface area contributed by atoms with Gasteiger partial charge in [0.05, 0.1) is 10.7 Å². The van der Waals surface area contributed by atoms with Crippen molar-refractivity contribution >= 4 is 11.3 Å². The molecule has 3 heteroatoms. The highest BCUT2D eigenvalue weighted by Crippen LogP contribution is 2.46. The molecule has 1 fully saturated rings. The maximum atomic E-state index is 6.12. The van der Waals surface area contributed by atoms with E-state index in [9.17, 15) is 0 Å². The van der Waals surface area contributed by atoms with Gasteiger partial charge >= 0.3 is 0 Å². The first-order chi connectivity index (χ1) is 8.85. The molecule has 0 unspecified atom stereocenters. The summed E-state index contributed by atoms with van der Waals surface area (Å²) in [5.74, 6) is 0.851. The van der Waals surface area contributed by atoms with Gasteiger partial charge in [-0.2, -0.15) is 0 Å². The number of nitrogens with zero attached hydrogens (tertiary/aromatic N) is 1. The van der Waals surface area contributed by atoms with Crippen LogP contribution in [0.3, 0.4) is 0 Å². The Labute approximate surface area is 121 Å². The van der Waals surface area contributed by atoms with E-state index in [-0.39, 0.29) is 0 Å². The zero-order valence-electron chi connectivity index (χ0n) is 12.8. The van der Waals surface area contributed by atoms with Crippen molar-refractivity contribution in [3.05, 3.63) is 16.1 Å². The Morgan fingerprint density at radius 3 is 2.42 bits per heavy atom. The Morgan fingerprint density at radius 2 is 2.00 bits per heavy atom. The zero-order valence-corrected chi connectivity index (χ0v) is 13.6. The molecule has 2 nitrogen and oxygen atoms in total. The van der Waals surface area contributed by atoms with Crippen molar-refractivity contribution in [3.63, 3.8) is 0 Å². The Bertz CT molecular complexity index is 409. The Kier molecular flexibility index (Phi) is 4.36. The monoisotopic (exact) mass is 280 g/mol. The summed E-state index contributed by atoms with van der Waals surface area (Å²) in [6, 6.07) is 0. The van der Waals surface area contributed by atoms with E-state index in [0.29, 0.717) is 10.8 Å². The maximum absolute atomic E-state index is 6.12. The van der Waals surface area contributed by atoms with Crippen molar-refractivity contribution in [1.29, 1.82) is 0 Å². The van der Waals surface area contributed by atoms with Crippen molar-refractivity contribution in [2.24, 2.45) is 22.5 Å². The SMILES string of the molecule is Cc1nc(CC2(CN)CCC(C(C)(C)C)CC2)cs1. The molecule has 2 rings (SSSR count). The lowest BCUT2D eigenvalue weighted by atomic mass is 9.63. The van der Waals surface area contributed by atoms with Crippen LogP contribution in [-0.2, 0) is 6.42 Å². The van der Waals surface area contributed by atoms with E-state index in [1.165, 1.54) is 36.4 Å². The van der Waals surface area contributed by atoms with E-state index in [0.717, 1.165) is 18.9 Å². The second-order valence-corrected chi connectivity index (χ2v) is 8.44. The maximum Gasteiger partial charge on any atom is 0.0897 e. The first-order valence-electron chi connectivity index (χ1n) is 7.46. The number of hydrogen-bond acceptors (Lipinski definition) is 3. The van der Waals surface area contributed by atoms with Crippen LogP contribution in [0.5, 0.6) is 0 Å². The first kappa shape index (κ1) is 15.0. The molecule has 0 spiro atoms. The van der Waals surface area contributed by atoms with Gasteiger partial charge in [0.2, 0.25) is 0 Å². The Morgan fingerprint density at radius 1 is 1.37 bits per heavy atom. The minimum absolute atomic E-state index is 0.308. The van der Waals surface area contributed by atoms with Crippen molar-refractivity contribution < 1.29 is 0 Å². The molecule has 0 atom stereocenters. The molecule has 0 saturated heterocycles. The third-order valence-electron chi connectivity index (χ3n) is 4.93. The van der Waals surface area contributed by atoms with Crippen LogP contribution in [0.1, 0.15) is 57.2 Å². The fraction of sp³-hybridized carbons (Fsp3) is 0.812. The molecule has 1 saturated carbocycles. The fourth-order valence-electron chi connectivity index (χ4n) is 3.42. The standard InChI is InChI=1S/C16H28N2S/c1-12-18-14(10-19-12)9-16(11-17)7-5-13(6-8-16)15(2,3)4/h10,13H,5-9,11,17H2,1-4H3. The summed E-state index contributed by atoms with van der Waals surface area (Å²) in [6.07, 6.45) is 6.25. The molecule has 19 heavy (non-hydrogen) atoms. The molecular weight excluding hydrogens is 252 g/mol. The summed E-state index contributed by atoms with van der Waals surface area (Å²) in [5.41, 5.74) is 8.13. The average molecular weight is 280 g/mol. The summed E-state index contributed by atoms with van der Waals surface area (Å²) in [5, 5.41) is 3.38. The number of aryl methyl sites for hydroxylation is 1. The van der Waals surface area contributed by atoms with Crippen molar-refractivity contribution in [1.82, 2.24) is 4.98 Å². The second-order valence-electron chi connectivity index (χ2n) is 7.38. The van der Waals surface area contributed by atoms with Gasteiger partial charge in [-0.05, 0) is 62.3 Å². The molecule has 1 aromatic heterocycles. The normalized spacial score (nSPS) is 28.6. The van der Waals surface area contributed by atoms with Gasteiger partial charge < -0.3 is 5.73 Å². The van der Waals surface area contributed by atoms with Gasteiger partial charge in [0.15, 0.2) is 0 Å². The third-order valence-corrected chi connectivity index (χ3v) is 5.75. The summed E-state index contributed by atoms with van der Waals surface area (Å²) in [4.78, 5) is 4.63. The first-order valence-corrected chi connectivity index (χ1v) is 8.34. The second kappa shape index (κ2) is 5.53. The van der Waals surface area contributed by atoms with Crippen LogP contribution in [0.4, 0.5) is 0 Å².